The summed E-state index contributed by atoms with van der Waals surface area (Å²) in [4.78, 5) is 12.8. The first-order valence-electron chi connectivity index (χ1n) is 7.69. The lowest BCUT2D eigenvalue weighted by Crippen LogP contribution is -2.22. The van der Waals surface area contributed by atoms with Crippen LogP contribution in [0.25, 0.3) is 0 Å². The zero-order valence-corrected chi connectivity index (χ0v) is 15.6. The van der Waals surface area contributed by atoms with E-state index < -0.39 is 7.14 Å². The van der Waals surface area contributed by atoms with E-state index in [9.17, 15) is 9.36 Å². The fraction of sp³-hybridized carbons (Fsp3) is 0.0500. The van der Waals surface area contributed by atoms with E-state index in [-0.39, 0.29) is 17.0 Å². The molecule has 0 aromatic heterocycles. The predicted octanol–water partition coefficient (Wildman–Crippen LogP) is 5.19. The molecule has 0 atom stereocenters. The molecule has 0 saturated heterocycles. The zero-order valence-electron chi connectivity index (χ0n) is 13.2. The monoisotopic (exact) mass is 388 g/mol. The molecule has 5 heteroatoms. The third-order valence-corrected chi connectivity index (χ3v) is 7.49. The molecule has 0 fully saturated rings. The summed E-state index contributed by atoms with van der Waals surface area (Å²) >= 11 is 12.0. The summed E-state index contributed by atoms with van der Waals surface area (Å²) in [5, 5.41) is 2.03. The number of Topliss-reactive ketones (excluding diaryl/α,β-unsaturated/α-hetero) is 1. The second kappa shape index (κ2) is 7.58. The van der Waals surface area contributed by atoms with Gasteiger partial charge in [-0.15, -0.1) is 0 Å². The molecule has 3 rings (SSSR count). The van der Waals surface area contributed by atoms with Gasteiger partial charge in [-0.1, -0.05) is 83.9 Å². The van der Waals surface area contributed by atoms with Crippen molar-refractivity contribution in [2.45, 2.75) is 0 Å². The van der Waals surface area contributed by atoms with Gasteiger partial charge >= 0.3 is 0 Å². The molecule has 25 heavy (non-hydrogen) atoms. The Balaban J connectivity index is 2.05. The molecule has 0 unspecified atom stereocenters. The Morgan fingerprint density at radius 3 is 1.80 bits per heavy atom. The minimum Gasteiger partial charge on any atom is -0.313 e. The van der Waals surface area contributed by atoms with Crippen LogP contribution in [0.5, 0.6) is 0 Å². The van der Waals surface area contributed by atoms with Crippen LogP contribution in [-0.4, -0.2) is 11.9 Å². The third-order valence-electron chi connectivity index (χ3n) is 3.94. The van der Waals surface area contributed by atoms with Crippen molar-refractivity contribution in [1.29, 1.82) is 0 Å². The maximum absolute atomic E-state index is 13.9. The molecule has 0 radical (unpaired) electrons. The Morgan fingerprint density at radius 2 is 1.32 bits per heavy atom. The van der Waals surface area contributed by atoms with E-state index >= 15 is 0 Å². The topological polar surface area (TPSA) is 34.1 Å². The number of hydrogen-bond acceptors (Lipinski definition) is 2. The molecule has 2 nitrogen and oxygen atoms in total. The van der Waals surface area contributed by atoms with Gasteiger partial charge in [0.2, 0.25) is 0 Å². The minimum atomic E-state index is -3.12. The van der Waals surface area contributed by atoms with Gasteiger partial charge in [-0.3, -0.25) is 4.79 Å². The Morgan fingerprint density at radius 1 is 0.800 bits per heavy atom. The van der Waals surface area contributed by atoms with Crippen LogP contribution in [-0.2, 0) is 4.57 Å². The maximum atomic E-state index is 13.9. The standard InChI is InChI=1S/C20H15Cl2O2P/c21-15-11-12-18(19(22)13-15)20(23)14-25(24,16-7-3-1-4-8-16)17-9-5-2-6-10-17/h1-13H,14H2. The SMILES string of the molecule is O=C(CP(=O)(c1ccccc1)c1ccccc1)c1ccc(Cl)cc1Cl. The van der Waals surface area contributed by atoms with Gasteiger partial charge in [0.25, 0.3) is 0 Å². The second-order valence-corrected chi connectivity index (χ2v) is 9.29. The van der Waals surface area contributed by atoms with Gasteiger partial charge in [0.15, 0.2) is 12.9 Å². The smallest absolute Gasteiger partial charge is 0.172 e. The van der Waals surface area contributed by atoms with Crippen LogP contribution in [0.1, 0.15) is 10.4 Å². The summed E-state index contributed by atoms with van der Waals surface area (Å²) < 4.78 is 13.9. The molecule has 3 aromatic carbocycles. The molecular formula is C20H15Cl2O2P. The summed E-state index contributed by atoms with van der Waals surface area (Å²) in [6.07, 6.45) is -0.123. The van der Waals surface area contributed by atoms with Crippen LogP contribution >= 0.6 is 30.3 Å². The van der Waals surface area contributed by atoms with Gasteiger partial charge < -0.3 is 4.57 Å². The van der Waals surface area contributed by atoms with E-state index in [4.69, 9.17) is 23.2 Å². The first kappa shape index (κ1) is 17.9. The summed E-state index contributed by atoms with van der Waals surface area (Å²) in [5.74, 6) is -0.266. The Labute approximate surface area is 156 Å². The molecule has 0 amide bonds. The predicted molar refractivity (Wildman–Crippen MR) is 105 cm³/mol. The van der Waals surface area contributed by atoms with Crippen molar-refractivity contribution < 1.29 is 9.36 Å². The van der Waals surface area contributed by atoms with E-state index in [1.54, 1.807) is 36.4 Å². The van der Waals surface area contributed by atoms with Crippen LogP contribution in [0.3, 0.4) is 0 Å². The molecule has 0 bridgehead atoms. The van der Waals surface area contributed by atoms with E-state index in [2.05, 4.69) is 0 Å². The van der Waals surface area contributed by atoms with Gasteiger partial charge in [0, 0.05) is 21.2 Å². The first-order chi connectivity index (χ1) is 12.0. The quantitative estimate of drug-likeness (QED) is 0.445. The molecule has 0 aliphatic carbocycles. The van der Waals surface area contributed by atoms with E-state index in [0.29, 0.717) is 21.2 Å². The van der Waals surface area contributed by atoms with Gasteiger partial charge in [0.05, 0.1) is 11.2 Å². The van der Waals surface area contributed by atoms with Gasteiger partial charge in [0.1, 0.15) is 0 Å². The Hall–Kier alpha value is -1.86. The van der Waals surface area contributed by atoms with Crippen molar-refractivity contribution in [3.8, 4) is 0 Å². The fourth-order valence-electron chi connectivity index (χ4n) is 2.67. The normalized spacial score (nSPS) is 11.3. The first-order valence-corrected chi connectivity index (χ1v) is 10.3. The largest absolute Gasteiger partial charge is 0.313 e. The van der Waals surface area contributed by atoms with Crippen LogP contribution in [0, 0.1) is 0 Å². The summed E-state index contributed by atoms with van der Waals surface area (Å²) in [5.41, 5.74) is 0.332. The average molecular weight is 389 g/mol. The van der Waals surface area contributed by atoms with Crippen LogP contribution in [0.4, 0.5) is 0 Å². The summed E-state index contributed by atoms with van der Waals surface area (Å²) in [6.45, 7) is 0. The number of ketones is 1. The second-order valence-electron chi connectivity index (χ2n) is 5.62. The van der Waals surface area contributed by atoms with Gasteiger partial charge in [-0.25, -0.2) is 0 Å². The van der Waals surface area contributed by atoms with Gasteiger partial charge in [-0.2, -0.15) is 0 Å². The lowest BCUT2D eigenvalue weighted by molar-refractivity contribution is 0.102. The van der Waals surface area contributed by atoms with E-state index in [1.165, 1.54) is 6.07 Å². The van der Waals surface area contributed by atoms with Crippen molar-refractivity contribution in [3.05, 3.63) is 94.5 Å². The lowest BCUT2D eigenvalue weighted by Gasteiger charge is -2.19. The molecule has 0 saturated carbocycles. The highest BCUT2D eigenvalue weighted by atomic mass is 35.5. The van der Waals surface area contributed by atoms with Crippen molar-refractivity contribution >= 4 is 46.7 Å². The fourth-order valence-corrected chi connectivity index (χ4v) is 5.73. The molecule has 0 aliphatic rings. The highest BCUT2D eigenvalue weighted by Crippen LogP contribution is 2.44. The highest BCUT2D eigenvalue weighted by Gasteiger charge is 2.31. The van der Waals surface area contributed by atoms with Crippen LogP contribution < -0.4 is 10.6 Å². The van der Waals surface area contributed by atoms with Crippen LogP contribution in [0.2, 0.25) is 10.0 Å². The lowest BCUT2D eigenvalue weighted by atomic mass is 10.1. The Kier molecular flexibility index (Phi) is 5.44. The van der Waals surface area contributed by atoms with Crippen molar-refractivity contribution in [2.24, 2.45) is 0 Å². The molecule has 0 spiro atoms. The van der Waals surface area contributed by atoms with Crippen molar-refractivity contribution in [3.63, 3.8) is 0 Å². The van der Waals surface area contributed by atoms with E-state index in [0.717, 1.165) is 0 Å². The minimum absolute atomic E-state index is 0.123. The molecule has 126 valence electrons. The number of carbonyl (C=O) groups is 1. The third kappa shape index (κ3) is 3.88. The number of hydrogen-bond donors (Lipinski definition) is 0. The molecule has 0 N–H and O–H groups in total. The van der Waals surface area contributed by atoms with Crippen LogP contribution in [0.15, 0.2) is 78.9 Å². The number of rotatable bonds is 5. The van der Waals surface area contributed by atoms with Crippen molar-refractivity contribution in [1.82, 2.24) is 0 Å². The zero-order chi connectivity index (χ0) is 17.9. The van der Waals surface area contributed by atoms with Gasteiger partial charge in [-0.05, 0) is 18.2 Å². The number of halogens is 2. The molecular weight excluding hydrogens is 374 g/mol. The maximum Gasteiger partial charge on any atom is 0.172 e. The average Bonchev–Trinajstić information content (AvgIpc) is 2.63. The van der Waals surface area contributed by atoms with Crippen molar-refractivity contribution in [2.75, 3.05) is 6.16 Å². The molecule has 0 aliphatic heterocycles. The highest BCUT2D eigenvalue weighted by molar-refractivity contribution is 7.79. The number of carbonyl (C=O) groups excluding carboxylic acids is 1. The summed E-state index contributed by atoms with van der Waals surface area (Å²) in [6, 6.07) is 22.9. The Bertz CT molecular complexity index is 897. The molecule has 0 heterocycles. The summed E-state index contributed by atoms with van der Waals surface area (Å²) in [7, 11) is -3.12. The molecule has 3 aromatic rings. The van der Waals surface area contributed by atoms with E-state index in [1.807, 2.05) is 36.4 Å². The number of benzene rings is 3.